The Morgan fingerprint density at radius 3 is 2.74 bits per heavy atom. The summed E-state index contributed by atoms with van der Waals surface area (Å²) >= 11 is 1.41. The molecule has 1 saturated carbocycles. The molecule has 2 amide bonds. The van der Waals surface area contributed by atoms with Crippen LogP contribution >= 0.6 is 11.8 Å². The lowest BCUT2D eigenvalue weighted by Crippen LogP contribution is -2.36. The number of hydrogen-bond acceptors (Lipinski definition) is 5. The summed E-state index contributed by atoms with van der Waals surface area (Å²) in [4.78, 5) is 32.0. The number of hydrogen-bond donors (Lipinski definition) is 1. The van der Waals surface area contributed by atoms with E-state index in [9.17, 15) is 9.59 Å². The molecule has 0 radical (unpaired) electrons. The molecule has 31 heavy (non-hydrogen) atoms. The van der Waals surface area contributed by atoms with Gasteiger partial charge in [0.15, 0.2) is 5.17 Å². The van der Waals surface area contributed by atoms with Crippen LogP contribution in [0.4, 0.5) is 5.69 Å². The van der Waals surface area contributed by atoms with Gasteiger partial charge in [0.25, 0.3) is 0 Å². The van der Waals surface area contributed by atoms with Crippen molar-refractivity contribution in [3.8, 4) is 5.75 Å². The summed E-state index contributed by atoms with van der Waals surface area (Å²) in [5.41, 5.74) is 2.21. The lowest BCUT2D eigenvalue weighted by atomic mass is 9.97. The Labute approximate surface area is 188 Å². The van der Waals surface area contributed by atoms with Crippen molar-refractivity contribution in [1.82, 2.24) is 10.2 Å². The third-order valence-electron chi connectivity index (χ3n) is 5.75. The Hall–Kier alpha value is -2.28. The highest BCUT2D eigenvalue weighted by Crippen LogP contribution is 2.33. The van der Waals surface area contributed by atoms with E-state index < -0.39 is 5.25 Å². The quantitative estimate of drug-likeness (QED) is 0.570. The molecule has 0 spiro atoms. The maximum atomic E-state index is 13.2. The van der Waals surface area contributed by atoms with E-state index in [1.807, 2.05) is 31.2 Å². The normalized spacial score (nSPS) is 22.5. The minimum Gasteiger partial charge on any atom is -0.494 e. The van der Waals surface area contributed by atoms with Crippen LogP contribution in [0.25, 0.3) is 0 Å². The second-order valence-corrected chi connectivity index (χ2v) is 9.49. The first kappa shape index (κ1) is 21.9. The minimum absolute atomic E-state index is 0.00274. The predicted molar refractivity (Wildman–Crippen MR) is 125 cm³/mol. The van der Waals surface area contributed by atoms with Crippen molar-refractivity contribution in [2.75, 3.05) is 13.2 Å². The van der Waals surface area contributed by atoms with Gasteiger partial charge in [-0.3, -0.25) is 14.5 Å². The fourth-order valence-corrected chi connectivity index (χ4v) is 5.08. The van der Waals surface area contributed by atoms with Crippen molar-refractivity contribution >= 4 is 34.4 Å². The minimum atomic E-state index is -0.402. The largest absolute Gasteiger partial charge is 0.494 e. The Kier molecular flexibility index (Phi) is 7.33. The van der Waals surface area contributed by atoms with Gasteiger partial charge in [-0.25, -0.2) is 4.99 Å². The molecule has 1 heterocycles. The Balaban J connectivity index is 1.47. The number of thioether (sulfide) groups is 1. The van der Waals surface area contributed by atoms with Gasteiger partial charge in [-0.15, -0.1) is 0 Å². The molecule has 6 nitrogen and oxygen atoms in total. The number of nitrogens with zero attached hydrogens (tertiary/aromatic N) is 2. The molecular formula is C24H31N3O3S. The van der Waals surface area contributed by atoms with Gasteiger partial charge in [0.1, 0.15) is 11.0 Å². The molecule has 2 fully saturated rings. The monoisotopic (exact) mass is 441 g/mol. The maximum absolute atomic E-state index is 13.2. The average Bonchev–Trinajstić information content (AvgIpc) is 3.54. The summed E-state index contributed by atoms with van der Waals surface area (Å²) in [6, 6.07) is 7.89. The van der Waals surface area contributed by atoms with Gasteiger partial charge < -0.3 is 10.1 Å². The fourth-order valence-electron chi connectivity index (χ4n) is 3.89. The van der Waals surface area contributed by atoms with Crippen LogP contribution < -0.4 is 10.1 Å². The first-order valence-corrected chi connectivity index (χ1v) is 12.3. The van der Waals surface area contributed by atoms with Crippen molar-refractivity contribution in [1.29, 1.82) is 0 Å². The zero-order valence-electron chi connectivity index (χ0n) is 18.1. The molecule has 2 aliphatic carbocycles. The molecule has 0 aromatic heterocycles. The van der Waals surface area contributed by atoms with Gasteiger partial charge in [-0.05, 0) is 76.1 Å². The number of amidine groups is 1. The van der Waals surface area contributed by atoms with E-state index in [1.54, 1.807) is 4.90 Å². The van der Waals surface area contributed by atoms with Gasteiger partial charge in [0.2, 0.25) is 11.8 Å². The number of carbonyl (C=O) groups excluding carboxylic acids is 2. The van der Waals surface area contributed by atoms with Crippen LogP contribution in [0.2, 0.25) is 0 Å². The molecule has 1 atom stereocenters. The number of benzene rings is 1. The van der Waals surface area contributed by atoms with Crippen molar-refractivity contribution in [2.24, 2.45) is 4.99 Å². The Morgan fingerprint density at radius 1 is 1.26 bits per heavy atom. The van der Waals surface area contributed by atoms with Crippen LogP contribution in [-0.4, -0.2) is 46.3 Å². The van der Waals surface area contributed by atoms with Crippen molar-refractivity contribution in [3.63, 3.8) is 0 Å². The Morgan fingerprint density at radius 2 is 2.06 bits per heavy atom. The SMILES string of the molecule is CCOc1ccc(N=C2SC(CC(=O)NC3CC3)C(=O)N2CCC2=CCCCC2)cc1. The third-order valence-corrected chi connectivity index (χ3v) is 6.92. The van der Waals surface area contributed by atoms with Crippen molar-refractivity contribution in [3.05, 3.63) is 35.9 Å². The topological polar surface area (TPSA) is 71.0 Å². The molecule has 1 aromatic carbocycles. The number of rotatable bonds is 9. The van der Waals surface area contributed by atoms with E-state index in [2.05, 4.69) is 11.4 Å². The van der Waals surface area contributed by atoms with Gasteiger partial charge in [0.05, 0.1) is 12.3 Å². The molecule has 1 aromatic rings. The van der Waals surface area contributed by atoms with Crippen LogP contribution in [0.5, 0.6) is 5.75 Å². The van der Waals surface area contributed by atoms with Gasteiger partial charge in [-0.1, -0.05) is 23.4 Å². The fraction of sp³-hybridized carbons (Fsp3) is 0.542. The van der Waals surface area contributed by atoms with Crippen LogP contribution in [0.15, 0.2) is 40.9 Å². The standard InChI is InChI=1S/C24H31N3O3S/c1-2-30-20-12-10-19(11-13-20)26-24-27(15-14-17-6-4-3-5-7-17)23(29)21(31-24)16-22(28)25-18-8-9-18/h6,10-13,18,21H,2-5,7-9,14-16H2,1H3,(H,25,28). The third kappa shape index (κ3) is 6.12. The van der Waals surface area contributed by atoms with Crippen LogP contribution in [-0.2, 0) is 9.59 Å². The number of amides is 2. The van der Waals surface area contributed by atoms with Gasteiger partial charge >= 0.3 is 0 Å². The van der Waals surface area contributed by atoms with Crippen molar-refractivity contribution in [2.45, 2.75) is 69.6 Å². The first-order chi connectivity index (χ1) is 15.1. The second kappa shape index (κ2) is 10.4. The van der Waals surface area contributed by atoms with Crippen LogP contribution in [0.1, 0.15) is 58.3 Å². The zero-order valence-corrected chi connectivity index (χ0v) is 19.0. The summed E-state index contributed by atoms with van der Waals surface area (Å²) in [5, 5.41) is 3.28. The van der Waals surface area contributed by atoms with Crippen LogP contribution in [0.3, 0.4) is 0 Å². The number of aliphatic imine (C=N–C) groups is 1. The lowest BCUT2D eigenvalue weighted by molar-refractivity contribution is -0.129. The van der Waals surface area contributed by atoms with E-state index in [0.717, 1.165) is 43.5 Å². The molecule has 4 rings (SSSR count). The number of allylic oxidation sites excluding steroid dienone is 1. The van der Waals surface area contributed by atoms with Crippen LogP contribution in [0, 0.1) is 0 Å². The zero-order chi connectivity index (χ0) is 21.6. The lowest BCUT2D eigenvalue weighted by Gasteiger charge is -2.19. The summed E-state index contributed by atoms with van der Waals surface area (Å²) in [6.45, 7) is 3.19. The highest BCUT2D eigenvalue weighted by Gasteiger charge is 2.39. The molecule has 0 bridgehead atoms. The van der Waals surface area contributed by atoms with Crippen molar-refractivity contribution < 1.29 is 14.3 Å². The molecule has 1 N–H and O–H groups in total. The van der Waals surface area contributed by atoms with E-state index in [1.165, 1.54) is 30.2 Å². The van der Waals surface area contributed by atoms with E-state index >= 15 is 0 Å². The molecule has 1 saturated heterocycles. The maximum Gasteiger partial charge on any atom is 0.242 e. The summed E-state index contributed by atoms with van der Waals surface area (Å²) < 4.78 is 5.50. The number of nitrogens with one attached hydrogen (secondary N) is 1. The molecule has 1 unspecified atom stereocenters. The average molecular weight is 442 g/mol. The van der Waals surface area contributed by atoms with E-state index in [-0.39, 0.29) is 18.2 Å². The number of ether oxygens (including phenoxy) is 1. The predicted octanol–water partition coefficient (Wildman–Crippen LogP) is 4.58. The summed E-state index contributed by atoms with van der Waals surface area (Å²) in [7, 11) is 0. The van der Waals surface area contributed by atoms with E-state index in [0.29, 0.717) is 24.4 Å². The highest BCUT2D eigenvalue weighted by molar-refractivity contribution is 8.15. The molecular weight excluding hydrogens is 410 g/mol. The van der Waals surface area contributed by atoms with E-state index in [4.69, 9.17) is 9.73 Å². The molecule has 166 valence electrons. The summed E-state index contributed by atoms with van der Waals surface area (Å²) in [5.74, 6) is 0.764. The first-order valence-electron chi connectivity index (χ1n) is 11.4. The molecule has 1 aliphatic heterocycles. The molecule has 3 aliphatic rings. The van der Waals surface area contributed by atoms with Gasteiger partial charge in [0, 0.05) is 19.0 Å². The highest BCUT2D eigenvalue weighted by atomic mass is 32.2. The smallest absolute Gasteiger partial charge is 0.242 e. The summed E-state index contributed by atoms with van der Waals surface area (Å²) in [6.07, 6.45) is 10.2. The van der Waals surface area contributed by atoms with Gasteiger partial charge in [-0.2, -0.15) is 0 Å². The second-order valence-electron chi connectivity index (χ2n) is 8.32. The number of carbonyl (C=O) groups is 2. The Bertz CT molecular complexity index is 861. The molecule has 7 heteroatoms.